The van der Waals surface area contributed by atoms with Gasteiger partial charge in [0.05, 0.1) is 12.7 Å². The van der Waals surface area contributed by atoms with Crippen LogP contribution < -0.4 is 9.47 Å². The molecule has 140 valence electrons. The molecule has 7 heteroatoms. The van der Waals surface area contributed by atoms with E-state index in [2.05, 4.69) is 9.47 Å². The Bertz CT molecular complexity index is 707. The van der Waals surface area contributed by atoms with Crippen molar-refractivity contribution in [1.29, 1.82) is 0 Å². The molecule has 26 heavy (non-hydrogen) atoms. The molecule has 2 rings (SSSR count). The summed E-state index contributed by atoms with van der Waals surface area (Å²) in [6, 6.07) is 13.3. The molecule has 0 unspecified atom stereocenters. The van der Waals surface area contributed by atoms with E-state index in [0.29, 0.717) is 31.0 Å². The smallest absolute Gasteiger partial charge is 0.387 e. The fraction of sp³-hybridized carbons (Fsp3) is 0.316. The van der Waals surface area contributed by atoms with Crippen LogP contribution in [-0.2, 0) is 11.3 Å². The summed E-state index contributed by atoms with van der Waals surface area (Å²) < 4.78 is 39.2. The van der Waals surface area contributed by atoms with Gasteiger partial charge in [0.2, 0.25) is 0 Å². The lowest BCUT2D eigenvalue weighted by atomic mass is 10.2. The number of carbonyl (C=O) groups is 1. The number of ether oxygens (including phenoxy) is 3. The first kappa shape index (κ1) is 19.7. The van der Waals surface area contributed by atoms with Crippen molar-refractivity contribution in [2.24, 2.45) is 0 Å². The standard InChI is InChI=1S/C19H21F2NO4/c1-22(13-14-4-3-5-17(12-14)26-19(20)21)10-11-25-16-8-6-15(7-9-16)18(23)24-2/h3-9,12,19H,10-11,13H2,1-2H3. The number of methoxy groups -OCH3 is 1. The summed E-state index contributed by atoms with van der Waals surface area (Å²) in [6.07, 6.45) is 0. The minimum absolute atomic E-state index is 0.146. The summed E-state index contributed by atoms with van der Waals surface area (Å²) >= 11 is 0. The number of rotatable bonds is 9. The third-order valence-corrected chi connectivity index (χ3v) is 3.59. The molecule has 0 aliphatic heterocycles. The Labute approximate surface area is 151 Å². The van der Waals surface area contributed by atoms with Gasteiger partial charge in [-0.3, -0.25) is 4.90 Å². The monoisotopic (exact) mass is 365 g/mol. The average molecular weight is 365 g/mol. The Balaban J connectivity index is 1.78. The second-order valence-corrected chi connectivity index (χ2v) is 5.63. The van der Waals surface area contributed by atoms with Crippen LogP contribution in [0.5, 0.6) is 11.5 Å². The molecule has 0 saturated heterocycles. The Morgan fingerprint density at radius 3 is 2.50 bits per heavy atom. The van der Waals surface area contributed by atoms with Gasteiger partial charge in [0, 0.05) is 13.1 Å². The molecule has 2 aromatic rings. The van der Waals surface area contributed by atoms with Crippen molar-refractivity contribution in [2.75, 3.05) is 27.3 Å². The Morgan fingerprint density at radius 2 is 1.85 bits per heavy atom. The van der Waals surface area contributed by atoms with Crippen LogP contribution in [0.3, 0.4) is 0 Å². The number of nitrogens with zero attached hydrogens (tertiary/aromatic N) is 1. The zero-order valence-electron chi connectivity index (χ0n) is 14.7. The summed E-state index contributed by atoms with van der Waals surface area (Å²) in [6.45, 7) is -1.17. The van der Waals surface area contributed by atoms with Gasteiger partial charge in [-0.15, -0.1) is 0 Å². The summed E-state index contributed by atoms with van der Waals surface area (Å²) in [7, 11) is 3.24. The van der Waals surface area contributed by atoms with Crippen molar-refractivity contribution in [3.8, 4) is 11.5 Å². The molecule has 0 saturated carbocycles. The number of benzene rings is 2. The third-order valence-electron chi connectivity index (χ3n) is 3.59. The number of hydrogen-bond acceptors (Lipinski definition) is 5. The van der Waals surface area contributed by atoms with Gasteiger partial charge >= 0.3 is 12.6 Å². The van der Waals surface area contributed by atoms with Crippen LogP contribution >= 0.6 is 0 Å². The molecule has 0 spiro atoms. The lowest BCUT2D eigenvalue weighted by molar-refractivity contribution is -0.0499. The topological polar surface area (TPSA) is 48.0 Å². The van der Waals surface area contributed by atoms with Gasteiger partial charge in [0.25, 0.3) is 0 Å². The predicted molar refractivity (Wildman–Crippen MR) is 92.7 cm³/mol. The quantitative estimate of drug-likeness (QED) is 0.636. The van der Waals surface area contributed by atoms with E-state index < -0.39 is 12.6 Å². The van der Waals surface area contributed by atoms with Crippen molar-refractivity contribution in [3.05, 3.63) is 59.7 Å². The Morgan fingerprint density at radius 1 is 1.12 bits per heavy atom. The Hall–Kier alpha value is -2.67. The van der Waals surface area contributed by atoms with E-state index >= 15 is 0 Å². The first-order chi connectivity index (χ1) is 12.5. The molecule has 5 nitrogen and oxygen atoms in total. The van der Waals surface area contributed by atoms with Crippen LogP contribution in [-0.4, -0.2) is 44.8 Å². The van der Waals surface area contributed by atoms with Crippen LogP contribution in [0.25, 0.3) is 0 Å². The van der Waals surface area contributed by atoms with Crippen LogP contribution in [0.4, 0.5) is 8.78 Å². The van der Waals surface area contributed by atoms with Crippen LogP contribution in [0.1, 0.15) is 15.9 Å². The van der Waals surface area contributed by atoms with E-state index in [9.17, 15) is 13.6 Å². The average Bonchev–Trinajstić information content (AvgIpc) is 2.61. The van der Waals surface area contributed by atoms with E-state index in [1.807, 2.05) is 18.0 Å². The van der Waals surface area contributed by atoms with Crippen molar-refractivity contribution < 1.29 is 27.8 Å². The zero-order chi connectivity index (χ0) is 18.9. The number of likely N-dealkylation sites (N-methyl/N-ethyl adjacent to an activating group) is 1. The number of hydrogen-bond donors (Lipinski definition) is 0. The molecule has 0 fully saturated rings. The highest BCUT2D eigenvalue weighted by Crippen LogP contribution is 2.17. The lowest BCUT2D eigenvalue weighted by Gasteiger charge is -2.17. The van der Waals surface area contributed by atoms with E-state index in [0.717, 1.165) is 5.56 Å². The molecule has 0 amide bonds. The predicted octanol–water partition coefficient (Wildman–Crippen LogP) is 3.59. The maximum Gasteiger partial charge on any atom is 0.387 e. The SMILES string of the molecule is COC(=O)c1ccc(OCCN(C)Cc2cccc(OC(F)F)c2)cc1. The highest BCUT2D eigenvalue weighted by molar-refractivity contribution is 5.89. The van der Waals surface area contributed by atoms with Gasteiger partial charge in [-0.1, -0.05) is 12.1 Å². The number of esters is 1. The van der Waals surface area contributed by atoms with E-state index in [-0.39, 0.29) is 5.75 Å². The van der Waals surface area contributed by atoms with E-state index in [1.54, 1.807) is 36.4 Å². The van der Waals surface area contributed by atoms with Crippen molar-refractivity contribution in [2.45, 2.75) is 13.2 Å². The van der Waals surface area contributed by atoms with Gasteiger partial charge in [-0.05, 0) is 49.0 Å². The van der Waals surface area contributed by atoms with E-state index in [4.69, 9.17) is 4.74 Å². The highest BCUT2D eigenvalue weighted by Gasteiger charge is 2.07. The van der Waals surface area contributed by atoms with Gasteiger partial charge in [0.15, 0.2) is 0 Å². The summed E-state index contributed by atoms with van der Waals surface area (Å²) in [5, 5.41) is 0. The molecule has 0 aromatic heterocycles. The van der Waals surface area contributed by atoms with Crippen molar-refractivity contribution in [1.82, 2.24) is 4.90 Å². The first-order valence-corrected chi connectivity index (χ1v) is 8.01. The maximum absolute atomic E-state index is 12.3. The molecule has 0 radical (unpaired) electrons. The third kappa shape index (κ3) is 6.33. The molecule has 0 N–H and O–H groups in total. The van der Waals surface area contributed by atoms with Gasteiger partial charge in [-0.2, -0.15) is 8.78 Å². The number of alkyl halides is 2. The Kier molecular flexibility index (Phi) is 7.35. The highest BCUT2D eigenvalue weighted by atomic mass is 19.3. The van der Waals surface area contributed by atoms with Gasteiger partial charge in [0.1, 0.15) is 18.1 Å². The van der Waals surface area contributed by atoms with E-state index in [1.165, 1.54) is 13.2 Å². The summed E-state index contributed by atoms with van der Waals surface area (Å²) in [4.78, 5) is 13.4. The minimum Gasteiger partial charge on any atom is -0.492 e. The molecule has 2 aromatic carbocycles. The maximum atomic E-state index is 12.3. The minimum atomic E-state index is -2.83. The van der Waals surface area contributed by atoms with Gasteiger partial charge < -0.3 is 14.2 Å². The van der Waals surface area contributed by atoms with Gasteiger partial charge in [-0.25, -0.2) is 4.79 Å². The largest absolute Gasteiger partial charge is 0.492 e. The number of halogens is 2. The fourth-order valence-electron chi connectivity index (χ4n) is 2.34. The molecule has 0 bridgehead atoms. The normalized spacial score (nSPS) is 10.8. The second-order valence-electron chi connectivity index (χ2n) is 5.63. The molecule has 0 aliphatic rings. The molecule has 0 heterocycles. The van der Waals surface area contributed by atoms with Crippen LogP contribution in [0.15, 0.2) is 48.5 Å². The molecular formula is C19H21F2NO4. The molecular weight excluding hydrogens is 344 g/mol. The number of carbonyl (C=O) groups excluding carboxylic acids is 1. The summed E-state index contributed by atoms with van der Waals surface area (Å²) in [5.41, 5.74) is 1.33. The fourth-order valence-corrected chi connectivity index (χ4v) is 2.34. The first-order valence-electron chi connectivity index (χ1n) is 8.01. The zero-order valence-corrected chi connectivity index (χ0v) is 14.7. The van der Waals surface area contributed by atoms with Crippen LogP contribution in [0.2, 0.25) is 0 Å². The second kappa shape index (κ2) is 9.72. The lowest BCUT2D eigenvalue weighted by Crippen LogP contribution is -2.23. The summed E-state index contributed by atoms with van der Waals surface area (Å²) in [5.74, 6) is 0.403. The van der Waals surface area contributed by atoms with Crippen LogP contribution in [0, 0.1) is 0 Å². The van der Waals surface area contributed by atoms with Crippen molar-refractivity contribution in [3.63, 3.8) is 0 Å². The molecule has 0 atom stereocenters. The van der Waals surface area contributed by atoms with Crippen molar-refractivity contribution >= 4 is 5.97 Å². The molecule has 0 aliphatic carbocycles.